The minimum Gasteiger partial charge on any atom is -0.347 e. The Hall–Kier alpha value is -2.35. The van der Waals surface area contributed by atoms with Crippen LogP contribution in [0.5, 0.6) is 0 Å². The number of carbonyl (C=O) groups excluding carboxylic acids is 1. The fraction of sp³-hybridized carbons (Fsp3) is 0.318. The van der Waals surface area contributed by atoms with Gasteiger partial charge in [0.25, 0.3) is 0 Å². The highest BCUT2D eigenvalue weighted by Crippen LogP contribution is 2.41. The number of ketones is 1. The van der Waals surface area contributed by atoms with Crippen molar-refractivity contribution in [2.24, 2.45) is 13.0 Å². The number of rotatable bonds is 2. The molecule has 0 bridgehead atoms. The molecule has 1 aromatic heterocycles. The first kappa shape index (κ1) is 15.2. The number of Topliss-reactive ketones (excluding diaryl/α,β-unsaturated/α-hetero) is 1. The number of hydrogen-bond donors (Lipinski definition) is 0. The molecule has 3 aromatic rings. The maximum Gasteiger partial charge on any atom is 0.133 e. The van der Waals surface area contributed by atoms with Crippen LogP contribution >= 0.6 is 0 Å². The number of carbonyl (C=O) groups is 1. The van der Waals surface area contributed by atoms with Gasteiger partial charge in [-0.1, -0.05) is 48.0 Å². The number of nitrogens with zero attached hydrogens (tertiary/aromatic N) is 1. The molecule has 24 heavy (non-hydrogen) atoms. The molecular weight excluding hydrogens is 294 g/mol. The third-order valence-corrected chi connectivity index (χ3v) is 5.69. The first-order valence-electron chi connectivity index (χ1n) is 8.68. The van der Waals surface area contributed by atoms with Gasteiger partial charge in [0.1, 0.15) is 5.78 Å². The van der Waals surface area contributed by atoms with Crippen LogP contribution in [0.15, 0.2) is 48.5 Å². The molecule has 0 radical (unpaired) electrons. The van der Waals surface area contributed by atoms with E-state index >= 15 is 0 Å². The van der Waals surface area contributed by atoms with E-state index in [2.05, 4.69) is 67.1 Å². The zero-order valence-corrected chi connectivity index (χ0v) is 14.5. The smallest absolute Gasteiger partial charge is 0.133 e. The van der Waals surface area contributed by atoms with Gasteiger partial charge >= 0.3 is 0 Å². The highest BCUT2D eigenvalue weighted by Gasteiger charge is 2.35. The molecule has 2 nitrogen and oxygen atoms in total. The summed E-state index contributed by atoms with van der Waals surface area (Å²) in [6.07, 6.45) is 1.79. The summed E-state index contributed by atoms with van der Waals surface area (Å²) in [5.74, 6) is 0.656. The lowest BCUT2D eigenvalue weighted by Crippen LogP contribution is -2.29. The van der Waals surface area contributed by atoms with E-state index in [0.717, 1.165) is 12.8 Å². The summed E-state index contributed by atoms with van der Waals surface area (Å²) in [5.41, 5.74) is 6.58. The highest BCUT2D eigenvalue weighted by molar-refractivity contribution is 5.88. The van der Waals surface area contributed by atoms with Gasteiger partial charge in [0.15, 0.2) is 0 Å². The zero-order valence-electron chi connectivity index (χ0n) is 14.5. The molecule has 0 spiro atoms. The van der Waals surface area contributed by atoms with Gasteiger partial charge in [0.2, 0.25) is 0 Å². The van der Waals surface area contributed by atoms with Crippen LogP contribution in [0, 0.1) is 12.8 Å². The lowest BCUT2D eigenvalue weighted by Gasteiger charge is -2.31. The SMILES string of the molecule is CC(=O)[C@@H]1Cc2c(n(C)c3ccccc23)C[C@@H]1c1ccc(C)cc1. The summed E-state index contributed by atoms with van der Waals surface area (Å²) < 4.78 is 2.32. The van der Waals surface area contributed by atoms with Crippen molar-refractivity contribution in [1.29, 1.82) is 0 Å². The Morgan fingerprint density at radius 3 is 2.46 bits per heavy atom. The van der Waals surface area contributed by atoms with Crippen LogP contribution in [0.25, 0.3) is 10.9 Å². The van der Waals surface area contributed by atoms with Crippen LogP contribution in [0.1, 0.15) is 35.2 Å². The predicted octanol–water partition coefficient (Wildman–Crippen LogP) is 4.57. The quantitative estimate of drug-likeness (QED) is 0.678. The number of aryl methyl sites for hydroxylation is 2. The summed E-state index contributed by atoms with van der Waals surface area (Å²) >= 11 is 0. The largest absolute Gasteiger partial charge is 0.347 e. The fourth-order valence-corrected chi connectivity index (χ4v) is 4.32. The Balaban J connectivity index is 1.86. The van der Waals surface area contributed by atoms with Crippen molar-refractivity contribution in [2.75, 3.05) is 0 Å². The molecule has 2 aromatic carbocycles. The molecule has 1 aliphatic carbocycles. The normalized spacial score (nSPS) is 20.1. The van der Waals surface area contributed by atoms with Crippen molar-refractivity contribution in [3.8, 4) is 0 Å². The van der Waals surface area contributed by atoms with Gasteiger partial charge in [-0.15, -0.1) is 0 Å². The molecule has 2 atom stereocenters. The lowest BCUT2D eigenvalue weighted by molar-refractivity contribution is -0.121. The second-order valence-corrected chi connectivity index (χ2v) is 7.14. The molecule has 0 saturated heterocycles. The Kier molecular flexibility index (Phi) is 3.56. The van der Waals surface area contributed by atoms with E-state index in [-0.39, 0.29) is 11.8 Å². The molecule has 1 heterocycles. The molecule has 0 amide bonds. The fourth-order valence-electron chi connectivity index (χ4n) is 4.32. The minimum atomic E-state index is 0.0750. The number of hydrogen-bond acceptors (Lipinski definition) is 1. The van der Waals surface area contributed by atoms with Gasteiger partial charge in [0.05, 0.1) is 0 Å². The first-order chi connectivity index (χ1) is 11.6. The molecule has 0 saturated carbocycles. The van der Waals surface area contributed by atoms with Crippen LogP contribution < -0.4 is 0 Å². The molecule has 2 heteroatoms. The summed E-state index contributed by atoms with van der Waals surface area (Å²) in [6, 6.07) is 17.3. The van der Waals surface area contributed by atoms with Crippen molar-refractivity contribution < 1.29 is 4.79 Å². The van der Waals surface area contributed by atoms with E-state index in [9.17, 15) is 4.79 Å². The summed E-state index contributed by atoms with van der Waals surface area (Å²) in [4.78, 5) is 12.4. The average molecular weight is 317 g/mol. The zero-order chi connectivity index (χ0) is 16.8. The van der Waals surface area contributed by atoms with Gasteiger partial charge in [0, 0.05) is 29.6 Å². The molecule has 0 N–H and O–H groups in total. The standard InChI is InChI=1S/C22H23NO/c1-14-8-10-16(11-9-14)19-13-22-20(12-18(19)15(2)24)17-6-4-5-7-21(17)23(22)3/h4-11,18-19H,12-13H2,1-3H3/t18-,19+/m0/s1. The van der Waals surface area contributed by atoms with Crippen molar-refractivity contribution in [3.05, 3.63) is 70.9 Å². The molecular formula is C22H23NO. The summed E-state index contributed by atoms with van der Waals surface area (Å²) in [7, 11) is 2.15. The van der Waals surface area contributed by atoms with E-state index in [1.807, 2.05) is 0 Å². The molecule has 4 rings (SSSR count). The average Bonchev–Trinajstić information content (AvgIpc) is 2.87. The van der Waals surface area contributed by atoms with Crippen molar-refractivity contribution in [1.82, 2.24) is 4.57 Å². The Bertz CT molecular complexity index is 917. The van der Waals surface area contributed by atoms with Crippen molar-refractivity contribution >= 4 is 16.7 Å². The third kappa shape index (κ3) is 2.29. The highest BCUT2D eigenvalue weighted by atomic mass is 16.1. The third-order valence-electron chi connectivity index (χ3n) is 5.69. The van der Waals surface area contributed by atoms with Crippen molar-refractivity contribution in [3.63, 3.8) is 0 Å². The van der Waals surface area contributed by atoms with Crippen LogP contribution in [-0.2, 0) is 24.7 Å². The predicted molar refractivity (Wildman–Crippen MR) is 98.4 cm³/mol. The van der Waals surface area contributed by atoms with Crippen LogP contribution in [0.3, 0.4) is 0 Å². The van der Waals surface area contributed by atoms with Gasteiger partial charge in [-0.2, -0.15) is 0 Å². The monoisotopic (exact) mass is 317 g/mol. The Labute approximate surface area is 143 Å². The van der Waals surface area contributed by atoms with Crippen molar-refractivity contribution in [2.45, 2.75) is 32.6 Å². The first-order valence-corrected chi connectivity index (χ1v) is 8.68. The summed E-state index contributed by atoms with van der Waals surface area (Å²) in [5, 5.41) is 1.31. The number of fused-ring (bicyclic) bond motifs is 3. The molecule has 122 valence electrons. The van der Waals surface area contributed by atoms with Gasteiger partial charge in [-0.25, -0.2) is 0 Å². The maximum atomic E-state index is 12.4. The van der Waals surface area contributed by atoms with E-state index in [1.54, 1.807) is 6.92 Å². The van der Waals surface area contributed by atoms with E-state index < -0.39 is 0 Å². The number of benzene rings is 2. The second-order valence-electron chi connectivity index (χ2n) is 7.14. The molecule has 0 unspecified atom stereocenters. The van der Waals surface area contributed by atoms with Crippen LogP contribution in [0.2, 0.25) is 0 Å². The van der Waals surface area contributed by atoms with E-state index in [1.165, 1.54) is 33.3 Å². The molecule has 1 aliphatic rings. The van der Waals surface area contributed by atoms with E-state index in [4.69, 9.17) is 0 Å². The maximum absolute atomic E-state index is 12.4. The van der Waals surface area contributed by atoms with E-state index in [0.29, 0.717) is 5.78 Å². The molecule has 0 fully saturated rings. The molecule has 0 aliphatic heterocycles. The number of para-hydroxylation sites is 1. The number of aromatic nitrogens is 1. The van der Waals surface area contributed by atoms with Crippen LogP contribution in [-0.4, -0.2) is 10.4 Å². The van der Waals surface area contributed by atoms with Gasteiger partial charge < -0.3 is 4.57 Å². The topological polar surface area (TPSA) is 22.0 Å². The Morgan fingerprint density at radius 2 is 1.75 bits per heavy atom. The lowest BCUT2D eigenvalue weighted by atomic mass is 9.72. The minimum absolute atomic E-state index is 0.0750. The second kappa shape index (κ2) is 5.62. The Morgan fingerprint density at radius 1 is 1.04 bits per heavy atom. The van der Waals surface area contributed by atoms with Gasteiger partial charge in [-0.05, 0) is 49.8 Å². The van der Waals surface area contributed by atoms with Crippen LogP contribution in [0.4, 0.5) is 0 Å². The van der Waals surface area contributed by atoms with Gasteiger partial charge in [-0.3, -0.25) is 4.79 Å². The summed E-state index contributed by atoms with van der Waals surface area (Å²) in [6.45, 7) is 3.86.